The Morgan fingerprint density at radius 3 is 2.50 bits per heavy atom. The van der Waals surface area contributed by atoms with E-state index >= 15 is 0 Å². The normalized spacial score (nSPS) is 10.9. The van der Waals surface area contributed by atoms with Crippen molar-refractivity contribution in [3.05, 3.63) is 105 Å². The fourth-order valence-electron chi connectivity index (χ4n) is 3.22. The summed E-state index contributed by atoms with van der Waals surface area (Å²) < 4.78 is 3.43. The second kappa shape index (κ2) is 9.41. The summed E-state index contributed by atoms with van der Waals surface area (Å²) in [4.78, 5) is 25.3. The molecule has 0 radical (unpaired) electrons. The summed E-state index contributed by atoms with van der Waals surface area (Å²) in [6, 6.07) is 19.8. The van der Waals surface area contributed by atoms with Gasteiger partial charge < -0.3 is 0 Å². The zero-order valence-electron chi connectivity index (χ0n) is 16.3. The fourth-order valence-corrected chi connectivity index (χ4v) is 4.22. The Hall–Kier alpha value is -3.39. The third-order valence-electron chi connectivity index (χ3n) is 4.78. The Morgan fingerprint density at radius 2 is 1.70 bits per heavy atom. The summed E-state index contributed by atoms with van der Waals surface area (Å²) in [5.41, 5.74) is 3.80. The van der Waals surface area contributed by atoms with Crippen molar-refractivity contribution in [3.63, 3.8) is 0 Å². The van der Waals surface area contributed by atoms with Crippen molar-refractivity contribution in [1.82, 2.24) is 24.5 Å². The predicted octanol–water partition coefficient (Wildman–Crippen LogP) is 2.93. The van der Waals surface area contributed by atoms with Crippen molar-refractivity contribution in [2.24, 2.45) is 0 Å². The van der Waals surface area contributed by atoms with E-state index in [1.165, 1.54) is 28.0 Å². The molecule has 7 nitrogen and oxygen atoms in total. The predicted molar refractivity (Wildman–Crippen MR) is 118 cm³/mol. The third kappa shape index (κ3) is 4.77. The molecule has 0 aliphatic heterocycles. The van der Waals surface area contributed by atoms with E-state index in [-0.39, 0.29) is 11.2 Å². The SMILES string of the molecule is O=c1ccn(CSCc2ccccc2CCn2nncc2-c2ccccc2)c(=O)[nH]1. The lowest BCUT2D eigenvalue weighted by Crippen LogP contribution is -2.27. The molecule has 0 fully saturated rings. The van der Waals surface area contributed by atoms with E-state index in [0.29, 0.717) is 5.88 Å². The van der Waals surface area contributed by atoms with Gasteiger partial charge in [0, 0.05) is 30.1 Å². The highest BCUT2D eigenvalue weighted by atomic mass is 32.2. The van der Waals surface area contributed by atoms with Crippen LogP contribution < -0.4 is 11.2 Å². The molecule has 30 heavy (non-hydrogen) atoms. The van der Waals surface area contributed by atoms with Crippen LogP contribution in [0.2, 0.25) is 0 Å². The highest BCUT2D eigenvalue weighted by Gasteiger charge is 2.08. The van der Waals surface area contributed by atoms with Gasteiger partial charge in [-0.1, -0.05) is 59.8 Å². The van der Waals surface area contributed by atoms with E-state index in [1.54, 1.807) is 18.0 Å². The van der Waals surface area contributed by atoms with E-state index in [4.69, 9.17) is 0 Å². The average molecular weight is 420 g/mol. The monoisotopic (exact) mass is 419 g/mol. The van der Waals surface area contributed by atoms with Crippen molar-refractivity contribution in [1.29, 1.82) is 0 Å². The molecule has 1 N–H and O–H groups in total. The molecule has 0 aliphatic carbocycles. The molecule has 8 heteroatoms. The minimum Gasteiger partial charge on any atom is -0.291 e. The van der Waals surface area contributed by atoms with Gasteiger partial charge >= 0.3 is 5.69 Å². The molecule has 0 saturated heterocycles. The van der Waals surface area contributed by atoms with Crippen LogP contribution in [0.15, 0.2) is 82.6 Å². The van der Waals surface area contributed by atoms with Crippen LogP contribution in [0.1, 0.15) is 11.1 Å². The minimum absolute atomic E-state index is 0.380. The first-order valence-corrected chi connectivity index (χ1v) is 10.7. The molecular weight excluding hydrogens is 398 g/mol. The fraction of sp³-hybridized carbons (Fsp3) is 0.182. The maximum Gasteiger partial charge on any atom is 0.329 e. The lowest BCUT2D eigenvalue weighted by Gasteiger charge is -2.11. The molecule has 4 aromatic rings. The maximum absolute atomic E-state index is 11.8. The van der Waals surface area contributed by atoms with Crippen molar-refractivity contribution in [3.8, 4) is 11.3 Å². The van der Waals surface area contributed by atoms with Gasteiger partial charge in [0.2, 0.25) is 0 Å². The summed E-state index contributed by atoms with van der Waals surface area (Å²) in [6.45, 7) is 0.727. The summed E-state index contributed by atoms with van der Waals surface area (Å²) in [6.07, 6.45) is 4.15. The first kappa shape index (κ1) is 19.9. The van der Waals surface area contributed by atoms with Crippen molar-refractivity contribution >= 4 is 11.8 Å². The summed E-state index contributed by atoms with van der Waals surface area (Å²) in [5, 5.41) is 8.33. The highest BCUT2D eigenvalue weighted by Crippen LogP contribution is 2.21. The molecule has 0 unspecified atom stereocenters. The van der Waals surface area contributed by atoms with E-state index < -0.39 is 0 Å². The molecule has 2 aromatic carbocycles. The molecule has 0 aliphatic rings. The minimum atomic E-state index is -0.386. The van der Waals surface area contributed by atoms with E-state index in [0.717, 1.165) is 30.0 Å². The Labute approximate surface area is 177 Å². The van der Waals surface area contributed by atoms with E-state index in [9.17, 15) is 9.59 Å². The van der Waals surface area contributed by atoms with Gasteiger partial charge in [-0.05, 0) is 17.5 Å². The maximum atomic E-state index is 11.8. The number of thioether (sulfide) groups is 1. The number of aryl methyl sites for hydroxylation is 2. The van der Waals surface area contributed by atoms with Crippen molar-refractivity contribution in [2.75, 3.05) is 0 Å². The van der Waals surface area contributed by atoms with Crippen LogP contribution in [0.25, 0.3) is 11.3 Å². The van der Waals surface area contributed by atoms with Gasteiger partial charge in [-0.3, -0.25) is 14.3 Å². The summed E-state index contributed by atoms with van der Waals surface area (Å²) in [5.74, 6) is 1.25. The van der Waals surface area contributed by atoms with Crippen LogP contribution in [-0.4, -0.2) is 24.5 Å². The van der Waals surface area contributed by atoms with E-state index in [2.05, 4.69) is 39.6 Å². The zero-order valence-corrected chi connectivity index (χ0v) is 17.1. The number of aromatic nitrogens is 5. The smallest absolute Gasteiger partial charge is 0.291 e. The van der Waals surface area contributed by atoms with Crippen LogP contribution >= 0.6 is 11.8 Å². The molecule has 0 spiro atoms. The molecule has 2 aromatic heterocycles. The first-order valence-electron chi connectivity index (χ1n) is 9.59. The van der Waals surface area contributed by atoms with Gasteiger partial charge in [-0.25, -0.2) is 9.48 Å². The van der Waals surface area contributed by atoms with Crippen LogP contribution in [0.3, 0.4) is 0 Å². The van der Waals surface area contributed by atoms with Crippen molar-refractivity contribution < 1.29 is 0 Å². The molecular formula is C22H21N5O2S. The molecule has 0 bridgehead atoms. The standard InChI is InChI=1S/C22H21N5O2S/c28-21-11-12-26(22(29)24-21)16-30-15-19-9-5-4-6-17(19)10-13-27-20(14-23-25-27)18-7-2-1-3-8-18/h1-9,11-12,14H,10,13,15-16H2,(H,24,28,29). The third-order valence-corrected chi connectivity index (χ3v) is 5.76. The topological polar surface area (TPSA) is 85.6 Å². The quantitative estimate of drug-likeness (QED) is 0.475. The largest absolute Gasteiger partial charge is 0.329 e. The average Bonchev–Trinajstić information content (AvgIpc) is 3.24. The second-order valence-electron chi connectivity index (χ2n) is 6.78. The van der Waals surface area contributed by atoms with E-state index in [1.807, 2.05) is 35.0 Å². The molecule has 0 atom stereocenters. The number of rotatable bonds is 8. The number of nitrogens with zero attached hydrogens (tertiary/aromatic N) is 4. The first-order chi connectivity index (χ1) is 14.7. The lowest BCUT2D eigenvalue weighted by atomic mass is 10.1. The summed E-state index contributed by atoms with van der Waals surface area (Å²) >= 11 is 1.62. The lowest BCUT2D eigenvalue weighted by molar-refractivity contribution is 0.593. The Bertz CT molecular complexity index is 1230. The number of nitrogens with one attached hydrogen (secondary N) is 1. The van der Waals surface area contributed by atoms with Crippen molar-refractivity contribution in [2.45, 2.75) is 24.6 Å². The second-order valence-corrected chi connectivity index (χ2v) is 7.74. The number of benzene rings is 2. The van der Waals surface area contributed by atoms with Gasteiger partial charge in [-0.2, -0.15) is 0 Å². The van der Waals surface area contributed by atoms with Crippen LogP contribution in [0.4, 0.5) is 0 Å². The van der Waals surface area contributed by atoms with Crippen LogP contribution in [0.5, 0.6) is 0 Å². The van der Waals surface area contributed by atoms with Crippen LogP contribution in [-0.2, 0) is 24.6 Å². The highest BCUT2D eigenvalue weighted by molar-refractivity contribution is 7.97. The van der Waals surface area contributed by atoms with Gasteiger partial charge in [0.25, 0.3) is 5.56 Å². The Balaban J connectivity index is 1.41. The molecule has 152 valence electrons. The van der Waals surface area contributed by atoms with Gasteiger partial charge in [0.1, 0.15) is 0 Å². The number of hydrogen-bond donors (Lipinski definition) is 1. The van der Waals surface area contributed by atoms with Gasteiger partial charge in [0.05, 0.1) is 17.8 Å². The van der Waals surface area contributed by atoms with Crippen LogP contribution in [0, 0.1) is 0 Å². The molecule has 0 amide bonds. The van der Waals surface area contributed by atoms with Gasteiger partial charge in [-0.15, -0.1) is 16.9 Å². The number of H-pyrrole nitrogens is 1. The Morgan fingerprint density at radius 1 is 0.933 bits per heavy atom. The zero-order chi connectivity index (χ0) is 20.8. The Kier molecular flexibility index (Phi) is 6.24. The molecule has 2 heterocycles. The van der Waals surface area contributed by atoms with Gasteiger partial charge in [0.15, 0.2) is 0 Å². The summed E-state index contributed by atoms with van der Waals surface area (Å²) in [7, 11) is 0. The molecule has 0 saturated carbocycles. The number of aromatic amines is 1. The number of hydrogen-bond acceptors (Lipinski definition) is 5. The molecule has 4 rings (SSSR count).